The fourth-order valence-corrected chi connectivity index (χ4v) is 6.44. The molecule has 7 heteroatoms. The molecule has 0 aromatic rings. The molecule has 4 atom stereocenters. The van der Waals surface area contributed by atoms with Crippen LogP contribution in [0.25, 0.3) is 0 Å². The van der Waals surface area contributed by atoms with Crippen LogP contribution < -0.4 is 21.9 Å². The largest absolute Gasteiger partial charge is 0.359 e. The van der Waals surface area contributed by atoms with Gasteiger partial charge in [-0.25, -0.2) is 5.84 Å². The normalized spacial score (nSPS) is 30.6. The number of carbonyl (C=O) groups excluding carboxylic acids is 3. The van der Waals surface area contributed by atoms with Crippen LogP contribution in [-0.2, 0) is 14.4 Å². The Kier molecular flexibility index (Phi) is 14.0. The van der Waals surface area contributed by atoms with Crippen molar-refractivity contribution in [1.29, 1.82) is 0 Å². The van der Waals surface area contributed by atoms with Gasteiger partial charge in [0.1, 0.15) is 6.29 Å². The molecule has 0 saturated heterocycles. The van der Waals surface area contributed by atoms with Crippen molar-refractivity contribution in [2.24, 2.45) is 28.0 Å². The summed E-state index contributed by atoms with van der Waals surface area (Å²) in [5.41, 5.74) is 2.64. The van der Waals surface area contributed by atoms with E-state index < -0.39 is 0 Å². The Labute approximate surface area is 196 Å². The molecule has 0 aliphatic heterocycles. The summed E-state index contributed by atoms with van der Waals surface area (Å²) >= 11 is 0. The average Bonchev–Trinajstić information content (AvgIpc) is 2.75. The Morgan fingerprint density at radius 2 is 1.41 bits per heavy atom. The highest BCUT2D eigenvalue weighted by atomic mass is 16.2. The molecule has 0 aromatic heterocycles. The second-order valence-corrected chi connectivity index (χ2v) is 10.4. The maximum atomic E-state index is 11.8. The lowest BCUT2D eigenvalue weighted by atomic mass is 9.47. The first-order valence-electron chi connectivity index (χ1n) is 12.3. The third-order valence-electron chi connectivity index (χ3n) is 7.03. The molecule has 2 rings (SSSR count). The Hall–Kier alpha value is -1.47. The van der Waals surface area contributed by atoms with Crippen LogP contribution in [0.3, 0.4) is 0 Å². The van der Waals surface area contributed by atoms with Gasteiger partial charge < -0.3 is 15.4 Å². The molecule has 0 aromatic carbocycles. The average molecular weight is 455 g/mol. The summed E-state index contributed by atoms with van der Waals surface area (Å²) < 4.78 is 0. The number of nitrogens with one attached hydrogen (secondary N) is 3. The predicted molar refractivity (Wildman–Crippen MR) is 132 cm³/mol. The molecule has 0 heterocycles. The van der Waals surface area contributed by atoms with Crippen LogP contribution >= 0.6 is 0 Å². The minimum absolute atomic E-state index is 0.0966. The first-order valence-corrected chi connectivity index (χ1v) is 12.3. The molecule has 188 valence electrons. The Morgan fingerprint density at radius 1 is 0.906 bits per heavy atom. The highest BCUT2D eigenvalue weighted by molar-refractivity contribution is 5.75. The molecule has 2 fully saturated rings. The minimum atomic E-state index is -0.112. The maximum absolute atomic E-state index is 11.8. The zero-order chi connectivity index (χ0) is 24.8. The van der Waals surface area contributed by atoms with E-state index in [4.69, 9.17) is 5.84 Å². The van der Waals surface area contributed by atoms with Gasteiger partial charge in [-0.15, -0.1) is 0 Å². The van der Waals surface area contributed by atoms with Crippen LogP contribution in [0.4, 0.5) is 0 Å². The SMILES string of the molecule is CC.CNC.CNC(=O)CCC1(C)CC2CC(C)(CCC=O)CC(CCC(=O)NN)(C2)C1. The van der Waals surface area contributed by atoms with Gasteiger partial charge in [0.2, 0.25) is 11.8 Å². The van der Waals surface area contributed by atoms with Crippen LogP contribution in [0.1, 0.15) is 98.3 Å². The summed E-state index contributed by atoms with van der Waals surface area (Å²) in [5, 5.41) is 5.48. The monoisotopic (exact) mass is 454 g/mol. The molecular weight excluding hydrogens is 404 g/mol. The predicted octanol–water partition coefficient (Wildman–Crippen LogP) is 3.72. The van der Waals surface area contributed by atoms with Crippen LogP contribution in [0, 0.1) is 22.2 Å². The second kappa shape index (κ2) is 14.6. The smallest absolute Gasteiger partial charge is 0.233 e. The summed E-state index contributed by atoms with van der Waals surface area (Å²) in [6.07, 6.45) is 10.8. The van der Waals surface area contributed by atoms with Gasteiger partial charge in [-0.05, 0) is 87.6 Å². The maximum Gasteiger partial charge on any atom is 0.233 e. The van der Waals surface area contributed by atoms with E-state index in [1.165, 1.54) is 0 Å². The van der Waals surface area contributed by atoms with E-state index in [-0.39, 0.29) is 28.1 Å². The van der Waals surface area contributed by atoms with E-state index in [1.54, 1.807) is 7.05 Å². The van der Waals surface area contributed by atoms with Gasteiger partial charge in [0.25, 0.3) is 0 Å². The number of aldehydes is 1. The number of fused-ring (bicyclic) bond motifs is 2. The van der Waals surface area contributed by atoms with E-state index in [9.17, 15) is 14.4 Å². The fraction of sp³-hybridized carbons (Fsp3) is 0.880. The summed E-state index contributed by atoms with van der Waals surface area (Å²) in [6.45, 7) is 8.63. The summed E-state index contributed by atoms with van der Waals surface area (Å²) in [7, 11) is 5.44. The van der Waals surface area contributed by atoms with E-state index in [0.29, 0.717) is 25.2 Å². The highest BCUT2D eigenvalue weighted by Crippen LogP contribution is 2.63. The molecule has 0 spiro atoms. The van der Waals surface area contributed by atoms with E-state index in [0.717, 1.165) is 57.7 Å². The summed E-state index contributed by atoms with van der Waals surface area (Å²) in [4.78, 5) is 34.6. The molecule has 32 heavy (non-hydrogen) atoms. The molecule has 2 amide bonds. The zero-order valence-electron chi connectivity index (χ0n) is 21.7. The van der Waals surface area contributed by atoms with Crippen LogP contribution in [0.15, 0.2) is 0 Å². The number of rotatable bonds is 9. The third-order valence-corrected chi connectivity index (χ3v) is 7.03. The van der Waals surface area contributed by atoms with Gasteiger partial charge in [0.05, 0.1) is 0 Å². The Bertz CT molecular complexity index is 584. The Balaban J connectivity index is 0.00000177. The Morgan fingerprint density at radius 3 is 1.88 bits per heavy atom. The number of nitrogens with two attached hydrogens (primary N) is 1. The number of hydrogen-bond acceptors (Lipinski definition) is 5. The zero-order valence-corrected chi connectivity index (χ0v) is 21.7. The van der Waals surface area contributed by atoms with Crippen molar-refractivity contribution in [2.45, 2.75) is 98.3 Å². The summed E-state index contributed by atoms with van der Waals surface area (Å²) in [6, 6.07) is 0. The van der Waals surface area contributed by atoms with E-state index in [2.05, 4.69) is 29.9 Å². The van der Waals surface area contributed by atoms with Crippen molar-refractivity contribution < 1.29 is 14.4 Å². The lowest BCUT2D eigenvalue weighted by Gasteiger charge is -2.58. The van der Waals surface area contributed by atoms with Crippen molar-refractivity contribution in [3.05, 3.63) is 0 Å². The standard InChI is InChI=1S/C21H37N3O3.C2H7N.C2H6/c1-19(7-4-10-25)11-16-12-20(2,8-5-17(26)23-3)15-21(13-16,14-19)9-6-18(27)24-22;1-3-2;1-2/h10,16H,4-9,11-15,22H2,1-3H3,(H,23,26)(H,24,27);3H,1-2H3;1-2H3. The van der Waals surface area contributed by atoms with Crippen LogP contribution in [0.5, 0.6) is 0 Å². The molecule has 0 radical (unpaired) electrons. The molecular formula is C25H50N4O3. The first kappa shape index (κ1) is 30.5. The quantitative estimate of drug-likeness (QED) is 0.184. The van der Waals surface area contributed by atoms with Crippen molar-refractivity contribution in [1.82, 2.24) is 16.1 Å². The number of hydrazine groups is 1. The molecule has 2 aliphatic rings. The van der Waals surface area contributed by atoms with Crippen LogP contribution in [0.2, 0.25) is 0 Å². The summed E-state index contributed by atoms with van der Waals surface area (Å²) in [5.74, 6) is 5.88. The second-order valence-electron chi connectivity index (χ2n) is 10.4. The van der Waals surface area contributed by atoms with Gasteiger partial charge in [-0.2, -0.15) is 0 Å². The van der Waals surface area contributed by atoms with Crippen molar-refractivity contribution in [3.63, 3.8) is 0 Å². The van der Waals surface area contributed by atoms with Crippen molar-refractivity contribution >= 4 is 18.1 Å². The lowest BCUT2D eigenvalue weighted by molar-refractivity contribution is -0.124. The van der Waals surface area contributed by atoms with E-state index in [1.807, 2.05) is 27.9 Å². The van der Waals surface area contributed by atoms with Gasteiger partial charge >= 0.3 is 0 Å². The van der Waals surface area contributed by atoms with E-state index >= 15 is 0 Å². The molecule has 2 bridgehead atoms. The first-order chi connectivity index (χ1) is 15.1. The molecule has 2 aliphatic carbocycles. The third kappa shape index (κ3) is 9.99. The molecule has 7 nitrogen and oxygen atoms in total. The number of carbonyl (C=O) groups is 3. The van der Waals surface area contributed by atoms with Crippen molar-refractivity contribution in [2.75, 3.05) is 21.1 Å². The van der Waals surface area contributed by atoms with Gasteiger partial charge in [0.15, 0.2) is 0 Å². The topological polar surface area (TPSA) is 113 Å². The lowest BCUT2D eigenvalue weighted by Crippen LogP contribution is -2.48. The van der Waals surface area contributed by atoms with Gasteiger partial charge in [-0.1, -0.05) is 27.7 Å². The molecule has 4 unspecified atom stereocenters. The molecule has 2 saturated carbocycles. The number of hydrogen-bond donors (Lipinski definition) is 4. The number of amides is 2. The van der Waals surface area contributed by atoms with Gasteiger partial charge in [0, 0.05) is 26.3 Å². The minimum Gasteiger partial charge on any atom is -0.359 e. The van der Waals surface area contributed by atoms with Gasteiger partial charge in [-0.3, -0.25) is 15.0 Å². The van der Waals surface area contributed by atoms with Crippen LogP contribution in [-0.4, -0.2) is 39.2 Å². The van der Waals surface area contributed by atoms with Crippen molar-refractivity contribution in [3.8, 4) is 0 Å². The highest BCUT2D eigenvalue weighted by Gasteiger charge is 2.53. The molecule has 5 N–H and O–H groups in total. The fourth-order valence-electron chi connectivity index (χ4n) is 6.44.